The summed E-state index contributed by atoms with van der Waals surface area (Å²) in [4.78, 5) is 50.9. The van der Waals surface area contributed by atoms with E-state index in [1.54, 1.807) is 0 Å². The largest absolute Gasteiger partial charge is 0.475 e. The second kappa shape index (κ2) is 59.0. The average Bonchev–Trinajstić information content (AvgIpc) is 3.50. The number of hydrogen-bond acceptors (Lipinski definition) is 19. The lowest BCUT2D eigenvalue weighted by Gasteiger charge is -2.22. The van der Waals surface area contributed by atoms with Crippen LogP contribution in [0.15, 0.2) is 72.9 Å². The van der Waals surface area contributed by atoms with Gasteiger partial charge in [-0.15, -0.1) is 0 Å². The van der Waals surface area contributed by atoms with E-state index in [9.17, 15) is 34.3 Å². The van der Waals surface area contributed by atoms with E-state index in [0.717, 1.165) is 154 Å². The summed E-state index contributed by atoms with van der Waals surface area (Å²) < 4.78 is 45.4. The molecule has 0 saturated heterocycles. The summed E-state index contributed by atoms with van der Waals surface area (Å²) >= 11 is 0. The van der Waals surface area contributed by atoms with Crippen molar-refractivity contribution < 1.29 is 92.5 Å². The summed E-state index contributed by atoms with van der Waals surface area (Å²) in [6.45, 7) is 2.91. The highest BCUT2D eigenvalue weighted by atomic mass is 31.2. The van der Waals surface area contributed by atoms with E-state index in [-0.39, 0.29) is 37.6 Å². The van der Waals surface area contributed by atoms with Gasteiger partial charge in [-0.2, -0.15) is 0 Å². The molecule has 0 spiro atoms. The molecular formula is C63H111O19P. The van der Waals surface area contributed by atoms with Crippen LogP contribution in [0, 0.1) is 0 Å². The Morgan fingerprint density at radius 1 is 0.349 bits per heavy atom. The minimum absolute atomic E-state index is 0.139. The minimum Gasteiger partial charge on any atom is -0.463 e. The lowest BCUT2D eigenvalue weighted by molar-refractivity contribution is -0.264. The van der Waals surface area contributed by atoms with Crippen LogP contribution in [-0.2, 0) is 61.4 Å². The number of allylic oxidation sites excluding steroid dienone is 6. The van der Waals surface area contributed by atoms with Crippen molar-refractivity contribution in [3.05, 3.63) is 72.9 Å². The topological polar surface area (TPSA) is 273 Å². The van der Waals surface area contributed by atoms with Gasteiger partial charge in [0.25, 0.3) is 0 Å². The van der Waals surface area contributed by atoms with Crippen LogP contribution in [0.1, 0.15) is 233 Å². The molecule has 6 atom stereocenters. The van der Waals surface area contributed by atoms with E-state index in [2.05, 4.69) is 53.7 Å². The maximum Gasteiger partial charge on any atom is 0.475 e. The Kier molecular flexibility index (Phi) is 56.5. The molecular weight excluding hydrogens is 1090 g/mol. The Hall–Kier alpha value is -3.40. The first-order valence-corrected chi connectivity index (χ1v) is 32.7. The van der Waals surface area contributed by atoms with Gasteiger partial charge in [0.15, 0.2) is 0 Å². The van der Waals surface area contributed by atoms with E-state index >= 15 is 0 Å². The molecule has 0 aromatic heterocycles. The van der Waals surface area contributed by atoms with Crippen LogP contribution in [-0.4, -0.2) is 125 Å². The Bertz CT molecular complexity index is 1560. The summed E-state index contributed by atoms with van der Waals surface area (Å²) in [7, 11) is -4.64. The maximum absolute atomic E-state index is 13.7. The summed E-state index contributed by atoms with van der Waals surface area (Å²) in [5.74, 6) is -1.59. The molecule has 0 heterocycles. The van der Waals surface area contributed by atoms with Crippen molar-refractivity contribution in [2.75, 3.05) is 39.6 Å². The van der Waals surface area contributed by atoms with Crippen molar-refractivity contribution >= 4 is 25.7 Å². The molecule has 83 heavy (non-hydrogen) atoms. The number of aliphatic hydroxyl groups is 3. The highest BCUT2D eigenvalue weighted by Gasteiger charge is 2.31. The predicted octanol–water partition coefficient (Wildman–Crippen LogP) is 14.7. The second-order valence-corrected chi connectivity index (χ2v) is 22.7. The molecule has 6 N–H and O–H groups in total. The van der Waals surface area contributed by atoms with Gasteiger partial charge in [-0.1, -0.05) is 190 Å². The van der Waals surface area contributed by atoms with Crippen LogP contribution in [0.3, 0.4) is 0 Å². The van der Waals surface area contributed by atoms with Gasteiger partial charge in [-0.25, -0.2) is 19.2 Å². The first kappa shape index (κ1) is 79.6. The standard InChI is InChI=1S/C63H111O19P/c1-4-7-10-31-40-58(80-70)43-34-25-19-13-16-22-28-37-46-61(67)74-49-55(64)52-77-83(73,78-53-56(65)50-75-62(68)47-38-29-23-17-14-20-26-35-44-59(81-71)41-32-11-8-5-2)79-54-57(66)51-76-63(69)48-39-30-24-18-15-21-27-36-45-60(82-72)42-33-12-9-6-3/h25-27,31-36,40-42,55-60,64-66,70-72H,4-24,28-30,37-39,43-54H2,1-3H3. The number of hydrogen-bond donors (Lipinski definition) is 6. The lowest BCUT2D eigenvalue weighted by atomic mass is 10.1. The smallest absolute Gasteiger partial charge is 0.463 e. The molecule has 0 aromatic rings. The number of aliphatic hydroxyl groups excluding tert-OH is 3. The third kappa shape index (κ3) is 53.8. The zero-order valence-electron chi connectivity index (χ0n) is 50.9. The summed E-state index contributed by atoms with van der Waals surface area (Å²) in [6.07, 6.45) is 45.8. The third-order valence-corrected chi connectivity index (χ3v) is 14.5. The summed E-state index contributed by atoms with van der Waals surface area (Å²) in [6, 6.07) is 0. The number of carbonyl (C=O) groups is 3. The van der Waals surface area contributed by atoms with E-state index in [1.807, 2.05) is 54.7 Å². The van der Waals surface area contributed by atoms with Crippen molar-refractivity contribution in [1.29, 1.82) is 0 Å². The molecule has 0 aliphatic heterocycles. The molecule has 6 unspecified atom stereocenters. The molecule has 482 valence electrons. The fraction of sp³-hybridized carbons (Fsp3) is 0.762. The third-order valence-electron chi connectivity index (χ3n) is 13.1. The Labute approximate surface area is 498 Å². The van der Waals surface area contributed by atoms with Crippen molar-refractivity contribution in [3.8, 4) is 0 Å². The first-order valence-electron chi connectivity index (χ1n) is 31.2. The molecule has 0 radical (unpaired) electrons. The van der Waals surface area contributed by atoms with Gasteiger partial charge >= 0.3 is 25.7 Å². The molecule has 0 rings (SSSR count). The number of ether oxygens (including phenoxy) is 3. The lowest BCUT2D eigenvalue weighted by Crippen LogP contribution is -2.27. The highest BCUT2D eigenvalue weighted by Crippen LogP contribution is 2.49. The predicted molar refractivity (Wildman–Crippen MR) is 323 cm³/mol. The number of phosphoric ester groups is 1. The molecule has 0 amide bonds. The molecule has 0 saturated carbocycles. The molecule has 0 aliphatic carbocycles. The van der Waals surface area contributed by atoms with Crippen molar-refractivity contribution in [2.45, 2.75) is 269 Å². The normalized spacial score (nSPS) is 15.2. The number of esters is 3. The molecule has 19 nitrogen and oxygen atoms in total. The van der Waals surface area contributed by atoms with E-state index in [0.29, 0.717) is 38.5 Å². The van der Waals surface area contributed by atoms with Gasteiger partial charge in [0.2, 0.25) is 0 Å². The van der Waals surface area contributed by atoms with Crippen LogP contribution < -0.4 is 0 Å². The molecule has 0 bridgehead atoms. The Morgan fingerprint density at radius 3 is 0.867 bits per heavy atom. The van der Waals surface area contributed by atoms with Crippen LogP contribution in [0.2, 0.25) is 0 Å². The fourth-order valence-corrected chi connectivity index (χ4v) is 9.27. The van der Waals surface area contributed by atoms with Gasteiger partial charge in [0.05, 0.1) is 19.8 Å². The maximum atomic E-state index is 13.7. The van der Waals surface area contributed by atoms with Crippen LogP contribution >= 0.6 is 7.82 Å². The Balaban J connectivity index is 4.90. The summed E-state index contributed by atoms with van der Waals surface area (Å²) in [5, 5.41) is 59.0. The minimum atomic E-state index is -4.64. The van der Waals surface area contributed by atoms with E-state index < -0.39 is 83.7 Å². The quantitative estimate of drug-likeness (QED) is 0.00628. The van der Waals surface area contributed by atoms with Gasteiger partial charge in [0.1, 0.15) is 56.4 Å². The van der Waals surface area contributed by atoms with Crippen molar-refractivity contribution in [3.63, 3.8) is 0 Å². The highest BCUT2D eigenvalue weighted by molar-refractivity contribution is 7.48. The SMILES string of the molecule is CCCCC=CC(CC=CCCCCCCCC(=O)OCC(O)COP(=O)(OCC(O)COC(=O)CCCCCCCC=CCC(C=CCCCC)OO)OCC(O)COC(=O)CCCCCCCC=CCC(C=CCCCC)OO)OO. The van der Waals surface area contributed by atoms with Crippen LogP contribution in [0.25, 0.3) is 0 Å². The molecule has 0 fully saturated rings. The van der Waals surface area contributed by atoms with Crippen LogP contribution in [0.5, 0.6) is 0 Å². The van der Waals surface area contributed by atoms with Crippen LogP contribution in [0.4, 0.5) is 0 Å². The number of rotatable bonds is 60. The van der Waals surface area contributed by atoms with E-state index in [1.165, 1.54) is 0 Å². The van der Waals surface area contributed by atoms with Gasteiger partial charge in [-0.3, -0.25) is 43.7 Å². The first-order chi connectivity index (χ1) is 40.3. The van der Waals surface area contributed by atoms with E-state index in [4.69, 9.17) is 43.6 Å². The number of phosphoric acid groups is 1. The zero-order chi connectivity index (χ0) is 61.1. The number of carbonyl (C=O) groups excluding carboxylic acids is 3. The summed E-state index contributed by atoms with van der Waals surface area (Å²) in [5.41, 5.74) is 0. The zero-order valence-corrected chi connectivity index (χ0v) is 51.8. The fourth-order valence-electron chi connectivity index (χ4n) is 7.98. The van der Waals surface area contributed by atoms with Gasteiger partial charge in [0, 0.05) is 19.3 Å². The molecule has 20 heteroatoms. The molecule has 0 aromatic carbocycles. The second-order valence-electron chi connectivity index (χ2n) is 21.0. The number of unbranched alkanes of at least 4 members (excludes halogenated alkanes) is 21. The van der Waals surface area contributed by atoms with Crippen molar-refractivity contribution in [1.82, 2.24) is 0 Å². The van der Waals surface area contributed by atoms with Gasteiger partial charge < -0.3 is 29.5 Å². The monoisotopic (exact) mass is 1200 g/mol. The van der Waals surface area contributed by atoms with Gasteiger partial charge in [-0.05, 0) is 96.3 Å². The average molecular weight is 1200 g/mol. The Morgan fingerprint density at radius 2 is 0.602 bits per heavy atom. The van der Waals surface area contributed by atoms with Crippen molar-refractivity contribution in [2.24, 2.45) is 0 Å². The molecule has 0 aliphatic rings.